The van der Waals surface area contributed by atoms with Gasteiger partial charge in [-0.05, 0) is 62.8 Å². The molecule has 0 N–H and O–H groups in total. The van der Waals surface area contributed by atoms with Crippen LogP contribution in [-0.2, 0) is 7.05 Å². The highest BCUT2D eigenvalue weighted by atomic mass is 16.2. The Morgan fingerprint density at radius 1 is 1.08 bits per heavy atom. The smallest absolute Gasteiger partial charge is 0.339 e. The van der Waals surface area contributed by atoms with Crippen LogP contribution in [0.3, 0.4) is 0 Å². The van der Waals surface area contributed by atoms with E-state index in [2.05, 4.69) is 12.0 Å². The second-order valence-electron chi connectivity index (χ2n) is 7.73. The molecule has 0 bridgehead atoms. The summed E-state index contributed by atoms with van der Waals surface area (Å²) in [6.45, 7) is 5.52. The molecular formula is C20H26N4O2. The number of piperidine rings is 1. The topological polar surface area (TPSA) is 60.1 Å². The third kappa shape index (κ3) is 2.97. The molecule has 0 radical (unpaired) electrons. The van der Waals surface area contributed by atoms with Crippen LogP contribution in [0.15, 0.2) is 23.0 Å². The monoisotopic (exact) mass is 354 g/mol. The van der Waals surface area contributed by atoms with Crippen molar-refractivity contribution in [1.82, 2.24) is 19.2 Å². The van der Waals surface area contributed by atoms with Gasteiger partial charge in [-0.2, -0.15) is 5.10 Å². The molecule has 2 aliphatic rings. The molecule has 1 aromatic heterocycles. The first-order valence-corrected chi connectivity index (χ1v) is 9.47. The molecule has 2 heterocycles. The fourth-order valence-corrected chi connectivity index (χ4v) is 3.85. The van der Waals surface area contributed by atoms with Gasteiger partial charge in [-0.3, -0.25) is 9.36 Å². The lowest BCUT2D eigenvalue weighted by Crippen LogP contribution is -2.38. The van der Waals surface area contributed by atoms with Crippen molar-refractivity contribution in [1.29, 1.82) is 0 Å². The number of amides is 1. The maximum Gasteiger partial charge on any atom is 0.345 e. The van der Waals surface area contributed by atoms with Gasteiger partial charge in [-0.25, -0.2) is 9.48 Å². The fraction of sp³-hybridized carbons (Fsp3) is 0.550. The lowest BCUT2D eigenvalue weighted by Gasteiger charge is -2.31. The van der Waals surface area contributed by atoms with E-state index in [1.807, 2.05) is 34.6 Å². The van der Waals surface area contributed by atoms with Gasteiger partial charge in [0.25, 0.3) is 5.91 Å². The maximum atomic E-state index is 12.8. The molecular weight excluding hydrogens is 328 g/mol. The Labute approximate surface area is 153 Å². The number of aromatic nitrogens is 3. The lowest BCUT2D eigenvalue weighted by atomic mass is 9.95. The first-order chi connectivity index (χ1) is 12.5. The highest BCUT2D eigenvalue weighted by Crippen LogP contribution is 2.37. The highest BCUT2D eigenvalue weighted by molar-refractivity contribution is 5.94. The summed E-state index contributed by atoms with van der Waals surface area (Å²) in [5.41, 5.74) is 3.11. The van der Waals surface area contributed by atoms with E-state index in [9.17, 15) is 9.59 Å². The normalized spacial score (nSPS) is 18.3. The van der Waals surface area contributed by atoms with E-state index in [0.29, 0.717) is 19.1 Å². The molecule has 1 amide bonds. The first-order valence-electron chi connectivity index (χ1n) is 9.47. The second-order valence-corrected chi connectivity index (χ2v) is 7.73. The zero-order valence-electron chi connectivity index (χ0n) is 15.7. The van der Waals surface area contributed by atoms with Crippen LogP contribution in [0.5, 0.6) is 0 Å². The number of rotatable bonds is 3. The molecule has 1 saturated carbocycles. The number of aryl methyl sites for hydroxylation is 3. The number of carbonyl (C=O) groups is 1. The van der Waals surface area contributed by atoms with Gasteiger partial charge in [0.15, 0.2) is 0 Å². The van der Waals surface area contributed by atoms with Gasteiger partial charge in [0.05, 0.1) is 0 Å². The van der Waals surface area contributed by atoms with Gasteiger partial charge in [0.2, 0.25) is 0 Å². The van der Waals surface area contributed by atoms with Crippen molar-refractivity contribution in [3.8, 4) is 0 Å². The summed E-state index contributed by atoms with van der Waals surface area (Å²) in [6, 6.07) is 6.24. The molecule has 4 rings (SSSR count). The lowest BCUT2D eigenvalue weighted by molar-refractivity contribution is 0.0710. The van der Waals surface area contributed by atoms with Crippen molar-refractivity contribution >= 4 is 5.91 Å². The third-order valence-corrected chi connectivity index (χ3v) is 5.80. The van der Waals surface area contributed by atoms with Crippen LogP contribution in [0.2, 0.25) is 0 Å². The molecule has 2 aromatic rings. The van der Waals surface area contributed by atoms with Gasteiger partial charge in [0.1, 0.15) is 5.82 Å². The standard InChI is InChI=1S/C20H26N4O2/c1-13-4-5-16(12-14(13)2)19(25)23-10-8-15(9-11-23)18-21-22(3)20(26)24(18)17-6-7-17/h4-5,12,15,17H,6-11H2,1-3H3. The van der Waals surface area contributed by atoms with Crippen LogP contribution >= 0.6 is 0 Å². The minimum absolute atomic E-state index is 0.00358. The molecule has 0 unspecified atom stereocenters. The predicted octanol–water partition coefficient (Wildman–Crippen LogP) is 2.55. The minimum atomic E-state index is -0.00358. The summed E-state index contributed by atoms with van der Waals surface area (Å²) in [5.74, 6) is 1.28. The van der Waals surface area contributed by atoms with Crippen LogP contribution < -0.4 is 5.69 Å². The molecule has 2 fully saturated rings. The van der Waals surface area contributed by atoms with Gasteiger partial charge in [0, 0.05) is 37.7 Å². The van der Waals surface area contributed by atoms with Crippen molar-refractivity contribution in [3.63, 3.8) is 0 Å². The summed E-state index contributed by atoms with van der Waals surface area (Å²) >= 11 is 0. The Bertz CT molecular complexity index is 899. The van der Waals surface area contributed by atoms with Crippen molar-refractivity contribution in [3.05, 3.63) is 51.2 Å². The minimum Gasteiger partial charge on any atom is -0.339 e. The van der Waals surface area contributed by atoms with Crippen molar-refractivity contribution in [2.45, 2.75) is 51.5 Å². The molecule has 0 atom stereocenters. The van der Waals surface area contributed by atoms with Crippen LogP contribution in [-0.4, -0.2) is 38.2 Å². The number of carbonyl (C=O) groups excluding carboxylic acids is 1. The molecule has 1 saturated heterocycles. The van der Waals surface area contributed by atoms with E-state index in [4.69, 9.17) is 0 Å². The first kappa shape index (κ1) is 17.1. The fourth-order valence-electron chi connectivity index (χ4n) is 3.85. The summed E-state index contributed by atoms with van der Waals surface area (Å²) in [5, 5.41) is 4.51. The summed E-state index contributed by atoms with van der Waals surface area (Å²) < 4.78 is 3.35. The van der Waals surface area contributed by atoms with E-state index in [1.54, 1.807) is 7.05 Å². The number of hydrogen-bond donors (Lipinski definition) is 0. The van der Waals surface area contributed by atoms with Crippen molar-refractivity contribution in [2.24, 2.45) is 7.05 Å². The van der Waals surface area contributed by atoms with E-state index in [1.165, 1.54) is 10.2 Å². The highest BCUT2D eigenvalue weighted by Gasteiger charge is 2.34. The average molecular weight is 354 g/mol. The van der Waals surface area contributed by atoms with E-state index in [0.717, 1.165) is 42.6 Å². The molecule has 1 aromatic carbocycles. The molecule has 1 aliphatic carbocycles. The Morgan fingerprint density at radius 2 is 1.77 bits per heavy atom. The molecule has 138 valence electrons. The van der Waals surface area contributed by atoms with Gasteiger partial charge in [-0.1, -0.05) is 6.07 Å². The van der Waals surface area contributed by atoms with Crippen molar-refractivity contribution < 1.29 is 4.79 Å². The summed E-state index contributed by atoms with van der Waals surface area (Å²) in [6.07, 6.45) is 3.87. The number of hydrogen-bond acceptors (Lipinski definition) is 3. The SMILES string of the molecule is Cc1ccc(C(=O)N2CCC(c3nn(C)c(=O)n3C3CC3)CC2)cc1C. The zero-order chi connectivity index (χ0) is 18.4. The van der Waals surface area contributed by atoms with Crippen LogP contribution in [0, 0.1) is 13.8 Å². The number of nitrogens with zero attached hydrogens (tertiary/aromatic N) is 4. The van der Waals surface area contributed by atoms with Crippen LogP contribution in [0.4, 0.5) is 0 Å². The molecule has 1 aliphatic heterocycles. The van der Waals surface area contributed by atoms with E-state index in [-0.39, 0.29) is 17.5 Å². The molecule has 6 nitrogen and oxygen atoms in total. The van der Waals surface area contributed by atoms with Crippen LogP contribution in [0.25, 0.3) is 0 Å². The summed E-state index contributed by atoms with van der Waals surface area (Å²) in [4.78, 5) is 27.1. The quantitative estimate of drug-likeness (QED) is 0.851. The van der Waals surface area contributed by atoms with Crippen molar-refractivity contribution in [2.75, 3.05) is 13.1 Å². The summed E-state index contributed by atoms with van der Waals surface area (Å²) in [7, 11) is 1.73. The zero-order valence-corrected chi connectivity index (χ0v) is 15.7. The van der Waals surface area contributed by atoms with Gasteiger partial charge >= 0.3 is 5.69 Å². The van der Waals surface area contributed by atoms with E-state index < -0.39 is 0 Å². The Kier molecular flexibility index (Phi) is 4.21. The van der Waals surface area contributed by atoms with E-state index >= 15 is 0 Å². The number of benzene rings is 1. The van der Waals surface area contributed by atoms with Crippen LogP contribution in [0.1, 0.15) is 65.0 Å². The molecule has 0 spiro atoms. The molecule has 26 heavy (non-hydrogen) atoms. The number of likely N-dealkylation sites (tertiary alicyclic amines) is 1. The van der Waals surface area contributed by atoms with Gasteiger partial charge < -0.3 is 4.90 Å². The Balaban J connectivity index is 1.48. The Hall–Kier alpha value is -2.37. The third-order valence-electron chi connectivity index (χ3n) is 5.80. The van der Waals surface area contributed by atoms with Gasteiger partial charge in [-0.15, -0.1) is 0 Å². The second kappa shape index (κ2) is 6.41. The predicted molar refractivity (Wildman–Crippen MR) is 99.5 cm³/mol. The largest absolute Gasteiger partial charge is 0.345 e. The average Bonchev–Trinajstić information content (AvgIpc) is 3.43. The molecule has 6 heteroatoms. The maximum absolute atomic E-state index is 12.8. The Morgan fingerprint density at radius 3 is 2.38 bits per heavy atom.